The summed E-state index contributed by atoms with van der Waals surface area (Å²) in [5, 5.41) is -0.332. The highest BCUT2D eigenvalue weighted by molar-refractivity contribution is 6.35. The van der Waals surface area contributed by atoms with E-state index in [1.165, 1.54) is 5.56 Å². The number of carbonyl (C=O) groups excluding carboxylic acids is 1. The maximum absolute atomic E-state index is 11.4. The van der Waals surface area contributed by atoms with Crippen molar-refractivity contribution in [3.63, 3.8) is 0 Å². The summed E-state index contributed by atoms with van der Waals surface area (Å²) in [6.45, 7) is 2.02. The molecular formula is C10H9ClO. The molecule has 0 bridgehead atoms. The average Bonchev–Trinajstić information content (AvgIpc) is 2.28. The zero-order valence-corrected chi connectivity index (χ0v) is 7.56. The van der Waals surface area contributed by atoms with Gasteiger partial charge < -0.3 is 0 Å². The first-order chi connectivity index (χ1) is 5.68. The van der Waals surface area contributed by atoms with Crippen molar-refractivity contribution < 1.29 is 4.79 Å². The van der Waals surface area contributed by atoms with E-state index in [0.717, 1.165) is 11.1 Å². The van der Waals surface area contributed by atoms with Crippen LogP contribution in [0.15, 0.2) is 18.2 Å². The maximum Gasteiger partial charge on any atom is 0.181 e. The van der Waals surface area contributed by atoms with Crippen molar-refractivity contribution in [3.05, 3.63) is 34.9 Å². The molecule has 1 aliphatic rings. The predicted octanol–water partition coefficient (Wildman–Crippen LogP) is 2.34. The van der Waals surface area contributed by atoms with Crippen LogP contribution in [0.4, 0.5) is 0 Å². The number of hydrogen-bond donors (Lipinski definition) is 0. The second-order valence-electron chi connectivity index (χ2n) is 3.20. The van der Waals surface area contributed by atoms with E-state index < -0.39 is 0 Å². The molecule has 0 amide bonds. The number of benzene rings is 1. The van der Waals surface area contributed by atoms with E-state index in [4.69, 9.17) is 11.6 Å². The topological polar surface area (TPSA) is 17.1 Å². The van der Waals surface area contributed by atoms with Crippen LogP contribution in [0.1, 0.15) is 21.5 Å². The molecule has 0 aromatic heterocycles. The molecule has 0 aliphatic heterocycles. The first-order valence-electron chi connectivity index (χ1n) is 3.96. The molecular weight excluding hydrogens is 172 g/mol. The quantitative estimate of drug-likeness (QED) is 0.561. The molecule has 0 saturated carbocycles. The fraction of sp³-hybridized carbons (Fsp3) is 0.300. The molecule has 1 aromatic rings. The molecule has 1 aliphatic carbocycles. The van der Waals surface area contributed by atoms with Crippen LogP contribution < -0.4 is 0 Å². The van der Waals surface area contributed by atoms with Gasteiger partial charge in [-0.15, -0.1) is 11.6 Å². The van der Waals surface area contributed by atoms with E-state index in [2.05, 4.69) is 0 Å². The Hall–Kier alpha value is -0.820. The van der Waals surface area contributed by atoms with Gasteiger partial charge in [0.05, 0.1) is 0 Å². The maximum atomic E-state index is 11.4. The lowest BCUT2D eigenvalue weighted by molar-refractivity contribution is 0.0998. The van der Waals surface area contributed by atoms with Crippen molar-refractivity contribution in [3.8, 4) is 0 Å². The predicted molar refractivity (Wildman–Crippen MR) is 48.9 cm³/mol. The zero-order valence-electron chi connectivity index (χ0n) is 6.80. The fourth-order valence-corrected chi connectivity index (χ4v) is 1.87. The van der Waals surface area contributed by atoms with Crippen molar-refractivity contribution in [2.75, 3.05) is 0 Å². The second kappa shape index (κ2) is 2.60. The van der Waals surface area contributed by atoms with Crippen LogP contribution in [0.3, 0.4) is 0 Å². The van der Waals surface area contributed by atoms with E-state index in [1.807, 2.05) is 25.1 Å². The van der Waals surface area contributed by atoms with Crippen LogP contribution in [0.25, 0.3) is 0 Å². The summed E-state index contributed by atoms with van der Waals surface area (Å²) < 4.78 is 0. The summed E-state index contributed by atoms with van der Waals surface area (Å²) in [5.74, 6) is 0.0756. The second-order valence-corrected chi connectivity index (χ2v) is 3.72. The molecule has 1 aromatic carbocycles. The lowest BCUT2D eigenvalue weighted by atomic mass is 10.1. The summed E-state index contributed by atoms with van der Waals surface area (Å²) in [7, 11) is 0. The fourth-order valence-electron chi connectivity index (χ4n) is 1.59. The van der Waals surface area contributed by atoms with Crippen molar-refractivity contribution in [1.82, 2.24) is 0 Å². The van der Waals surface area contributed by atoms with Gasteiger partial charge in [0, 0.05) is 5.56 Å². The van der Waals surface area contributed by atoms with Gasteiger partial charge in [-0.25, -0.2) is 0 Å². The standard InChI is InChI=1S/C10H9ClO/c1-6-2-3-8-7(4-6)5-9(11)10(8)12/h2-4,9H,5H2,1H3. The van der Waals surface area contributed by atoms with Crippen molar-refractivity contribution in [2.24, 2.45) is 0 Å². The van der Waals surface area contributed by atoms with Gasteiger partial charge in [-0.2, -0.15) is 0 Å². The molecule has 0 N–H and O–H groups in total. The van der Waals surface area contributed by atoms with Crippen LogP contribution in [0, 0.1) is 6.92 Å². The van der Waals surface area contributed by atoms with Crippen molar-refractivity contribution in [2.45, 2.75) is 18.7 Å². The van der Waals surface area contributed by atoms with E-state index >= 15 is 0 Å². The Kier molecular flexibility index (Phi) is 1.69. The van der Waals surface area contributed by atoms with Crippen LogP contribution in [-0.2, 0) is 6.42 Å². The van der Waals surface area contributed by atoms with Crippen molar-refractivity contribution >= 4 is 17.4 Å². The molecule has 1 nitrogen and oxygen atoms in total. The highest BCUT2D eigenvalue weighted by Gasteiger charge is 2.28. The van der Waals surface area contributed by atoms with Crippen LogP contribution in [0.2, 0.25) is 0 Å². The molecule has 1 atom stereocenters. The summed E-state index contributed by atoms with van der Waals surface area (Å²) >= 11 is 5.83. The van der Waals surface area contributed by atoms with Gasteiger partial charge in [-0.3, -0.25) is 4.79 Å². The number of halogens is 1. The summed E-state index contributed by atoms with van der Waals surface area (Å²) in [6, 6.07) is 5.86. The van der Waals surface area contributed by atoms with Gasteiger partial charge in [0.15, 0.2) is 5.78 Å². The highest BCUT2D eigenvalue weighted by Crippen LogP contribution is 2.26. The monoisotopic (exact) mass is 180 g/mol. The first kappa shape index (κ1) is 7.81. The summed E-state index contributed by atoms with van der Waals surface area (Å²) in [6.07, 6.45) is 0.692. The van der Waals surface area contributed by atoms with E-state index in [0.29, 0.717) is 6.42 Å². The minimum atomic E-state index is -0.332. The van der Waals surface area contributed by atoms with Crippen LogP contribution in [0.5, 0.6) is 0 Å². The molecule has 0 fully saturated rings. The third-order valence-electron chi connectivity index (χ3n) is 2.21. The SMILES string of the molecule is Cc1ccc2c(c1)CC(Cl)C2=O. The number of Topliss-reactive ketones (excluding diaryl/α,β-unsaturated/α-hetero) is 1. The zero-order chi connectivity index (χ0) is 8.72. The van der Waals surface area contributed by atoms with Crippen LogP contribution >= 0.6 is 11.6 Å². The van der Waals surface area contributed by atoms with E-state index in [1.54, 1.807) is 0 Å². The summed E-state index contributed by atoms with van der Waals surface area (Å²) in [5.41, 5.74) is 3.09. The van der Waals surface area contributed by atoms with Gasteiger partial charge in [0.25, 0.3) is 0 Å². The minimum Gasteiger partial charge on any atom is -0.292 e. The Labute approximate surface area is 76.4 Å². The molecule has 2 heteroatoms. The Morgan fingerprint density at radius 2 is 2.25 bits per heavy atom. The molecule has 2 rings (SSSR count). The lowest BCUT2D eigenvalue weighted by Crippen LogP contribution is -2.06. The average molecular weight is 181 g/mol. The van der Waals surface area contributed by atoms with Gasteiger partial charge >= 0.3 is 0 Å². The number of aryl methyl sites for hydroxylation is 1. The van der Waals surface area contributed by atoms with Gasteiger partial charge in [-0.05, 0) is 18.9 Å². The summed E-state index contributed by atoms with van der Waals surface area (Å²) in [4.78, 5) is 11.4. The number of rotatable bonds is 0. The smallest absolute Gasteiger partial charge is 0.181 e. The molecule has 12 heavy (non-hydrogen) atoms. The van der Waals surface area contributed by atoms with E-state index in [-0.39, 0.29) is 11.2 Å². The lowest BCUT2D eigenvalue weighted by Gasteiger charge is -1.96. The third kappa shape index (κ3) is 1.05. The number of alkyl halides is 1. The third-order valence-corrected chi connectivity index (χ3v) is 2.56. The number of ketones is 1. The Balaban J connectivity index is 2.54. The van der Waals surface area contributed by atoms with Gasteiger partial charge in [-0.1, -0.05) is 23.8 Å². The van der Waals surface area contributed by atoms with Crippen molar-refractivity contribution in [1.29, 1.82) is 0 Å². The Bertz CT molecular complexity index is 344. The minimum absolute atomic E-state index is 0.0756. The number of carbonyl (C=O) groups is 1. The number of fused-ring (bicyclic) bond motifs is 1. The molecule has 62 valence electrons. The normalized spacial score (nSPS) is 21.2. The van der Waals surface area contributed by atoms with Gasteiger partial charge in [0.2, 0.25) is 0 Å². The Morgan fingerprint density at radius 1 is 1.50 bits per heavy atom. The van der Waals surface area contributed by atoms with Crippen LogP contribution in [-0.4, -0.2) is 11.2 Å². The highest BCUT2D eigenvalue weighted by atomic mass is 35.5. The molecule has 0 radical (unpaired) electrons. The van der Waals surface area contributed by atoms with E-state index in [9.17, 15) is 4.79 Å². The first-order valence-corrected chi connectivity index (χ1v) is 4.40. The molecule has 0 spiro atoms. The number of hydrogen-bond acceptors (Lipinski definition) is 1. The molecule has 1 unspecified atom stereocenters. The Morgan fingerprint density at radius 3 is 3.00 bits per heavy atom. The molecule has 0 heterocycles. The van der Waals surface area contributed by atoms with Gasteiger partial charge in [0.1, 0.15) is 5.38 Å². The largest absolute Gasteiger partial charge is 0.292 e. The molecule has 0 saturated heterocycles.